The Labute approximate surface area is 162 Å². The topological polar surface area (TPSA) is 53.7 Å². The van der Waals surface area contributed by atoms with E-state index in [1.165, 1.54) is 23.7 Å². The highest BCUT2D eigenvalue weighted by Crippen LogP contribution is 2.42. The Kier molecular flexibility index (Phi) is 8.12. The van der Waals surface area contributed by atoms with Gasteiger partial charge in [-0.3, -0.25) is 0 Å². The number of hydrogen-bond acceptors (Lipinski definition) is 4. The molecule has 3 rings (SSSR count). The lowest BCUT2D eigenvalue weighted by Crippen LogP contribution is -2.02. The van der Waals surface area contributed by atoms with Gasteiger partial charge in [-0.25, -0.2) is 0 Å². The van der Waals surface area contributed by atoms with Crippen molar-refractivity contribution in [3.63, 3.8) is 0 Å². The Bertz CT molecular complexity index is 690. The van der Waals surface area contributed by atoms with E-state index in [4.69, 9.17) is 13.6 Å². The normalized spacial score (nSPS) is 10.0. The third kappa shape index (κ3) is 6.93. The highest BCUT2D eigenvalue weighted by molar-refractivity contribution is 7.43. The molecule has 0 aromatic heterocycles. The molecule has 0 saturated heterocycles. The third-order valence-electron chi connectivity index (χ3n) is 3.60. The molecule has 27 heavy (non-hydrogen) atoms. The van der Waals surface area contributed by atoms with Crippen LogP contribution >= 0.6 is 8.60 Å². The van der Waals surface area contributed by atoms with Crippen LogP contribution in [-0.4, -0.2) is 7.05 Å². The summed E-state index contributed by atoms with van der Waals surface area (Å²) in [6.07, 6.45) is 0. The molecule has 0 atom stereocenters. The molecular formula is C22H26NO3P. The first kappa shape index (κ1) is 20.8. The molecule has 0 amide bonds. The molecule has 0 radical (unpaired) electrons. The third-order valence-corrected chi connectivity index (χ3v) is 4.68. The van der Waals surface area contributed by atoms with Gasteiger partial charge in [0.1, 0.15) is 17.2 Å². The van der Waals surface area contributed by atoms with Crippen molar-refractivity contribution in [1.82, 2.24) is 0 Å². The monoisotopic (exact) mass is 383 g/mol. The first-order valence-electron chi connectivity index (χ1n) is 8.70. The lowest BCUT2D eigenvalue weighted by molar-refractivity contribution is 0.388. The summed E-state index contributed by atoms with van der Waals surface area (Å²) in [4.78, 5) is 0. The van der Waals surface area contributed by atoms with Crippen molar-refractivity contribution < 1.29 is 13.6 Å². The summed E-state index contributed by atoms with van der Waals surface area (Å²) < 4.78 is 17.9. The van der Waals surface area contributed by atoms with Crippen LogP contribution in [0.2, 0.25) is 0 Å². The minimum atomic E-state index is -1.62. The fraction of sp³-hybridized carbons (Fsp3) is 0.182. The maximum Gasteiger partial charge on any atom is 0.530 e. The summed E-state index contributed by atoms with van der Waals surface area (Å²) in [6, 6.07) is 23.5. The van der Waals surface area contributed by atoms with Gasteiger partial charge < -0.3 is 19.3 Å². The van der Waals surface area contributed by atoms with Crippen LogP contribution in [0.4, 0.5) is 0 Å². The predicted molar refractivity (Wildman–Crippen MR) is 112 cm³/mol. The largest absolute Gasteiger partial charge is 0.530 e. The van der Waals surface area contributed by atoms with E-state index in [0.717, 1.165) is 17.2 Å². The van der Waals surface area contributed by atoms with Gasteiger partial charge in [-0.2, -0.15) is 0 Å². The summed E-state index contributed by atoms with van der Waals surface area (Å²) in [7, 11) is -0.118. The van der Waals surface area contributed by atoms with Crippen LogP contribution in [0.5, 0.6) is 17.2 Å². The highest BCUT2D eigenvalue weighted by Gasteiger charge is 2.19. The molecule has 0 aliphatic carbocycles. The van der Waals surface area contributed by atoms with E-state index in [1.807, 2.05) is 93.6 Å². The summed E-state index contributed by atoms with van der Waals surface area (Å²) in [6.45, 7) is 6.12. The summed E-state index contributed by atoms with van der Waals surface area (Å²) in [5.41, 5.74) is 8.03. The fourth-order valence-corrected chi connectivity index (χ4v) is 3.10. The molecule has 0 fully saturated rings. The molecule has 142 valence electrons. The van der Waals surface area contributed by atoms with Crippen LogP contribution in [0.25, 0.3) is 0 Å². The molecule has 4 nitrogen and oxygen atoms in total. The minimum absolute atomic E-state index is 0.718. The van der Waals surface area contributed by atoms with Crippen LogP contribution in [0.3, 0.4) is 0 Å². The van der Waals surface area contributed by atoms with E-state index in [9.17, 15) is 0 Å². The molecule has 0 aliphatic rings. The SMILES string of the molecule is CN.Cc1ccc(OP(Oc2ccc(C)cc2)Oc2ccc(C)cc2)cc1. The van der Waals surface area contributed by atoms with Crippen molar-refractivity contribution in [3.05, 3.63) is 89.5 Å². The highest BCUT2D eigenvalue weighted by atomic mass is 31.2. The van der Waals surface area contributed by atoms with E-state index in [1.54, 1.807) is 0 Å². The van der Waals surface area contributed by atoms with Gasteiger partial charge in [0, 0.05) is 0 Å². The van der Waals surface area contributed by atoms with E-state index in [-0.39, 0.29) is 0 Å². The molecule has 0 heterocycles. The minimum Gasteiger partial charge on any atom is -0.409 e. The molecule has 0 aliphatic heterocycles. The molecule has 0 spiro atoms. The summed E-state index contributed by atoms with van der Waals surface area (Å²) >= 11 is 0. The molecule has 0 bridgehead atoms. The Morgan fingerprint density at radius 3 is 0.926 bits per heavy atom. The van der Waals surface area contributed by atoms with Crippen molar-refractivity contribution >= 4 is 8.60 Å². The first-order chi connectivity index (χ1) is 13.1. The maximum atomic E-state index is 5.96. The van der Waals surface area contributed by atoms with Gasteiger partial charge in [-0.1, -0.05) is 53.1 Å². The van der Waals surface area contributed by atoms with Gasteiger partial charge in [0.15, 0.2) is 0 Å². The molecule has 3 aromatic rings. The predicted octanol–water partition coefficient (Wildman–Crippen LogP) is 5.95. The fourth-order valence-electron chi connectivity index (χ4n) is 2.11. The molecule has 5 heteroatoms. The second-order valence-electron chi connectivity index (χ2n) is 5.94. The molecule has 0 saturated carbocycles. The second kappa shape index (κ2) is 10.6. The van der Waals surface area contributed by atoms with Gasteiger partial charge >= 0.3 is 8.60 Å². The zero-order valence-electron chi connectivity index (χ0n) is 16.2. The van der Waals surface area contributed by atoms with Crippen molar-refractivity contribution in [3.8, 4) is 17.2 Å². The van der Waals surface area contributed by atoms with E-state index >= 15 is 0 Å². The molecule has 3 aromatic carbocycles. The average Bonchev–Trinajstić information content (AvgIpc) is 2.69. The van der Waals surface area contributed by atoms with E-state index in [2.05, 4.69) is 5.73 Å². The van der Waals surface area contributed by atoms with Gasteiger partial charge in [-0.05, 0) is 64.2 Å². The van der Waals surface area contributed by atoms with Crippen LogP contribution < -0.4 is 19.3 Å². The van der Waals surface area contributed by atoms with Crippen molar-refractivity contribution in [2.75, 3.05) is 7.05 Å². The lowest BCUT2D eigenvalue weighted by Gasteiger charge is -2.18. The Morgan fingerprint density at radius 2 is 0.704 bits per heavy atom. The molecule has 0 unspecified atom stereocenters. The number of aryl methyl sites for hydroxylation is 3. The van der Waals surface area contributed by atoms with Gasteiger partial charge in [0.2, 0.25) is 0 Å². The number of nitrogens with two attached hydrogens (primary N) is 1. The number of benzene rings is 3. The number of rotatable bonds is 6. The number of hydrogen-bond donors (Lipinski definition) is 1. The molecule has 2 N–H and O–H groups in total. The van der Waals surface area contributed by atoms with Crippen LogP contribution in [0, 0.1) is 20.8 Å². The first-order valence-corrected chi connectivity index (χ1v) is 9.80. The second-order valence-corrected chi connectivity index (χ2v) is 6.93. The molecular weight excluding hydrogens is 357 g/mol. The smallest absolute Gasteiger partial charge is 0.409 e. The van der Waals surface area contributed by atoms with Crippen molar-refractivity contribution in [2.24, 2.45) is 5.73 Å². The van der Waals surface area contributed by atoms with E-state index in [0.29, 0.717) is 0 Å². The van der Waals surface area contributed by atoms with Gasteiger partial charge in [0.25, 0.3) is 0 Å². The Balaban J connectivity index is 0.00000126. The van der Waals surface area contributed by atoms with Gasteiger partial charge in [0.05, 0.1) is 0 Å². The average molecular weight is 383 g/mol. The van der Waals surface area contributed by atoms with E-state index < -0.39 is 8.60 Å². The zero-order valence-corrected chi connectivity index (χ0v) is 17.1. The van der Waals surface area contributed by atoms with Crippen LogP contribution in [-0.2, 0) is 0 Å². The summed E-state index contributed by atoms with van der Waals surface area (Å²) in [5, 5.41) is 0. The maximum absolute atomic E-state index is 5.96. The summed E-state index contributed by atoms with van der Waals surface area (Å²) in [5.74, 6) is 2.16. The van der Waals surface area contributed by atoms with Crippen molar-refractivity contribution in [2.45, 2.75) is 20.8 Å². The van der Waals surface area contributed by atoms with Crippen molar-refractivity contribution in [1.29, 1.82) is 0 Å². The lowest BCUT2D eigenvalue weighted by atomic mass is 10.2. The quantitative estimate of drug-likeness (QED) is 0.534. The van der Waals surface area contributed by atoms with Crippen LogP contribution in [0.15, 0.2) is 72.8 Å². The standard InChI is InChI=1S/C21H21O3P.CH5N/c1-16-4-10-19(11-5-16)22-25(23-20-12-6-17(2)7-13-20)24-21-14-8-18(3)9-15-21;1-2/h4-15H,1-3H3;2H2,1H3. The van der Waals surface area contributed by atoms with Crippen LogP contribution in [0.1, 0.15) is 16.7 Å². The Morgan fingerprint density at radius 1 is 0.481 bits per heavy atom. The Hall–Kier alpha value is -2.55. The zero-order chi connectivity index (χ0) is 19.6. The van der Waals surface area contributed by atoms with Gasteiger partial charge in [-0.15, -0.1) is 0 Å².